The molecular weight excluding hydrogens is 364 g/mol. The van der Waals surface area contributed by atoms with Crippen molar-refractivity contribution in [3.8, 4) is 5.75 Å². The summed E-state index contributed by atoms with van der Waals surface area (Å²) in [5.74, 6) is -0.691. The van der Waals surface area contributed by atoms with Crippen molar-refractivity contribution in [3.63, 3.8) is 0 Å². The Hall–Kier alpha value is -3.10. The van der Waals surface area contributed by atoms with E-state index >= 15 is 0 Å². The Bertz CT molecular complexity index is 724. The van der Waals surface area contributed by atoms with Crippen molar-refractivity contribution in [2.24, 2.45) is 5.10 Å². The highest BCUT2D eigenvalue weighted by atomic mass is 16.6. The van der Waals surface area contributed by atoms with Crippen LogP contribution in [0.25, 0.3) is 0 Å². The second-order valence-electron chi connectivity index (χ2n) is 6.29. The van der Waals surface area contributed by atoms with Gasteiger partial charge < -0.3 is 19.3 Å². The first-order valence-electron chi connectivity index (χ1n) is 9.11. The van der Waals surface area contributed by atoms with Crippen LogP contribution in [0, 0.1) is 0 Å². The van der Waals surface area contributed by atoms with Gasteiger partial charge in [-0.1, -0.05) is 12.1 Å². The van der Waals surface area contributed by atoms with Crippen molar-refractivity contribution in [1.82, 2.24) is 15.2 Å². The van der Waals surface area contributed by atoms with Crippen molar-refractivity contribution in [2.75, 3.05) is 39.9 Å². The average molecular weight is 390 g/mol. The summed E-state index contributed by atoms with van der Waals surface area (Å²) in [5.41, 5.74) is 3.98. The fourth-order valence-corrected chi connectivity index (χ4v) is 2.72. The van der Waals surface area contributed by atoms with Crippen LogP contribution in [-0.2, 0) is 20.7 Å². The molecule has 1 aliphatic heterocycles. The summed E-state index contributed by atoms with van der Waals surface area (Å²) >= 11 is 0. The van der Waals surface area contributed by atoms with E-state index in [1.165, 1.54) is 9.80 Å². The molecule has 152 valence electrons. The monoisotopic (exact) mass is 390 g/mol. The SMILES string of the molecule is CCOC(=O)N1CCN(C(=O)C(=O)N/N=C(\C)Cc2ccc(OC)cc2)CC1. The molecule has 0 radical (unpaired) electrons. The third-order valence-electron chi connectivity index (χ3n) is 4.25. The molecule has 3 amide bonds. The fraction of sp³-hybridized carbons (Fsp3) is 0.474. The van der Waals surface area contributed by atoms with Gasteiger partial charge in [0.1, 0.15) is 5.75 Å². The molecule has 9 nitrogen and oxygen atoms in total. The van der Waals surface area contributed by atoms with Gasteiger partial charge in [-0.25, -0.2) is 10.2 Å². The lowest BCUT2D eigenvalue weighted by Gasteiger charge is -2.33. The molecule has 28 heavy (non-hydrogen) atoms. The number of carbonyl (C=O) groups is 3. The molecule has 1 heterocycles. The molecule has 0 aliphatic carbocycles. The van der Waals surface area contributed by atoms with Crippen LogP contribution in [0.5, 0.6) is 5.75 Å². The van der Waals surface area contributed by atoms with Gasteiger partial charge in [0.25, 0.3) is 0 Å². The first-order valence-corrected chi connectivity index (χ1v) is 9.11. The average Bonchev–Trinajstić information content (AvgIpc) is 2.72. The second kappa shape index (κ2) is 10.3. The van der Waals surface area contributed by atoms with Crippen molar-refractivity contribution < 1.29 is 23.9 Å². The number of hydrogen-bond donors (Lipinski definition) is 1. The van der Waals surface area contributed by atoms with Crippen LogP contribution in [0.1, 0.15) is 19.4 Å². The number of hydrogen-bond acceptors (Lipinski definition) is 6. The molecule has 1 aromatic rings. The first-order chi connectivity index (χ1) is 13.4. The largest absolute Gasteiger partial charge is 0.497 e. The van der Waals surface area contributed by atoms with Crippen LogP contribution < -0.4 is 10.2 Å². The number of carbonyl (C=O) groups excluding carboxylic acids is 3. The highest BCUT2D eigenvalue weighted by Crippen LogP contribution is 2.12. The lowest BCUT2D eigenvalue weighted by Crippen LogP contribution is -2.53. The van der Waals surface area contributed by atoms with Crippen LogP contribution in [0.2, 0.25) is 0 Å². The topological polar surface area (TPSA) is 101 Å². The minimum atomic E-state index is -0.793. The molecule has 1 aromatic carbocycles. The molecule has 0 aromatic heterocycles. The quantitative estimate of drug-likeness (QED) is 0.460. The Balaban J connectivity index is 1.80. The normalized spacial score (nSPS) is 14.5. The van der Waals surface area contributed by atoms with Crippen molar-refractivity contribution in [1.29, 1.82) is 0 Å². The van der Waals surface area contributed by atoms with Gasteiger partial charge in [0.05, 0.1) is 13.7 Å². The predicted octanol–water partition coefficient (Wildman–Crippen LogP) is 1.03. The zero-order valence-electron chi connectivity index (χ0n) is 16.4. The van der Waals surface area contributed by atoms with E-state index in [2.05, 4.69) is 10.5 Å². The predicted molar refractivity (Wildman–Crippen MR) is 103 cm³/mol. The van der Waals surface area contributed by atoms with E-state index in [1.54, 1.807) is 21.0 Å². The summed E-state index contributed by atoms with van der Waals surface area (Å²) in [7, 11) is 1.60. The zero-order valence-corrected chi connectivity index (χ0v) is 16.4. The van der Waals surface area contributed by atoms with Crippen LogP contribution in [0.3, 0.4) is 0 Å². The zero-order chi connectivity index (χ0) is 20.5. The molecule has 0 spiro atoms. The first kappa shape index (κ1) is 21.2. The maximum absolute atomic E-state index is 12.2. The Kier molecular flexibility index (Phi) is 7.79. The summed E-state index contributed by atoms with van der Waals surface area (Å²) in [6, 6.07) is 7.52. The highest BCUT2D eigenvalue weighted by Gasteiger charge is 2.28. The third-order valence-corrected chi connectivity index (χ3v) is 4.25. The Morgan fingerprint density at radius 1 is 1.07 bits per heavy atom. The molecule has 0 atom stereocenters. The van der Waals surface area contributed by atoms with Crippen molar-refractivity contribution in [3.05, 3.63) is 29.8 Å². The van der Waals surface area contributed by atoms with Crippen LogP contribution >= 0.6 is 0 Å². The van der Waals surface area contributed by atoms with Gasteiger partial charge in [-0.05, 0) is 31.5 Å². The fourth-order valence-electron chi connectivity index (χ4n) is 2.72. The van der Waals surface area contributed by atoms with E-state index in [9.17, 15) is 14.4 Å². The lowest BCUT2D eigenvalue weighted by atomic mass is 10.1. The van der Waals surface area contributed by atoms with E-state index in [0.717, 1.165) is 11.3 Å². The van der Waals surface area contributed by atoms with Gasteiger partial charge in [-0.2, -0.15) is 5.10 Å². The van der Waals surface area contributed by atoms with Gasteiger partial charge in [-0.3, -0.25) is 9.59 Å². The van der Waals surface area contributed by atoms with Crippen molar-refractivity contribution in [2.45, 2.75) is 20.3 Å². The molecule has 1 aliphatic rings. The van der Waals surface area contributed by atoms with Crippen molar-refractivity contribution >= 4 is 23.6 Å². The maximum Gasteiger partial charge on any atom is 0.409 e. The summed E-state index contributed by atoms with van der Waals surface area (Å²) in [6.07, 6.45) is 0.134. The minimum absolute atomic E-state index is 0.277. The van der Waals surface area contributed by atoms with E-state index < -0.39 is 17.9 Å². The molecule has 0 unspecified atom stereocenters. The van der Waals surface area contributed by atoms with Gasteiger partial charge in [0, 0.05) is 38.3 Å². The van der Waals surface area contributed by atoms with Gasteiger partial charge in [0.2, 0.25) is 0 Å². The number of piperazine rings is 1. The molecule has 1 N–H and O–H groups in total. The number of benzene rings is 1. The lowest BCUT2D eigenvalue weighted by molar-refractivity contribution is -0.146. The number of ether oxygens (including phenoxy) is 2. The Labute approximate surface area is 164 Å². The molecular formula is C19H26N4O5. The highest BCUT2D eigenvalue weighted by molar-refractivity contribution is 6.35. The molecule has 1 saturated heterocycles. The van der Waals surface area contributed by atoms with Gasteiger partial charge in [-0.15, -0.1) is 0 Å². The number of hydrazone groups is 1. The molecule has 9 heteroatoms. The maximum atomic E-state index is 12.2. The number of amides is 3. The minimum Gasteiger partial charge on any atom is -0.497 e. The van der Waals surface area contributed by atoms with E-state index in [1.807, 2.05) is 24.3 Å². The summed E-state index contributed by atoms with van der Waals surface area (Å²) < 4.78 is 10.0. The smallest absolute Gasteiger partial charge is 0.409 e. The molecule has 1 fully saturated rings. The van der Waals surface area contributed by atoms with E-state index in [4.69, 9.17) is 9.47 Å². The summed E-state index contributed by atoms with van der Waals surface area (Å²) in [6.45, 7) is 5.02. The Morgan fingerprint density at radius 3 is 2.25 bits per heavy atom. The van der Waals surface area contributed by atoms with Crippen LogP contribution in [0.4, 0.5) is 4.79 Å². The second-order valence-corrected chi connectivity index (χ2v) is 6.29. The number of nitrogens with zero attached hydrogens (tertiary/aromatic N) is 3. The summed E-state index contributed by atoms with van der Waals surface area (Å²) in [5, 5.41) is 4.00. The van der Waals surface area contributed by atoms with E-state index in [-0.39, 0.29) is 13.1 Å². The van der Waals surface area contributed by atoms with Crippen LogP contribution in [-0.4, -0.2) is 73.3 Å². The molecule has 2 rings (SSSR count). The van der Waals surface area contributed by atoms with E-state index in [0.29, 0.717) is 31.8 Å². The van der Waals surface area contributed by atoms with Crippen LogP contribution in [0.15, 0.2) is 29.4 Å². The van der Waals surface area contributed by atoms with Gasteiger partial charge >= 0.3 is 17.9 Å². The Morgan fingerprint density at radius 2 is 1.68 bits per heavy atom. The number of nitrogens with one attached hydrogen (secondary N) is 1. The third kappa shape index (κ3) is 5.97. The molecule has 0 bridgehead atoms. The molecule has 0 saturated carbocycles. The standard InChI is InChI=1S/C19H26N4O5/c1-4-28-19(26)23-11-9-22(10-12-23)18(25)17(24)21-20-14(2)13-15-5-7-16(27-3)8-6-15/h5-8H,4,9-13H2,1-3H3,(H,21,24)/b20-14+. The summed E-state index contributed by atoms with van der Waals surface area (Å²) in [4.78, 5) is 38.9. The van der Waals surface area contributed by atoms with Gasteiger partial charge in [0.15, 0.2) is 0 Å². The number of rotatable bonds is 5. The number of methoxy groups -OCH3 is 1.